The monoisotopic (exact) mass is 393 g/mol. The summed E-state index contributed by atoms with van der Waals surface area (Å²) in [5.74, 6) is -0.293. The number of hydrogen-bond acceptors (Lipinski definition) is 8. The van der Waals surface area contributed by atoms with Crippen molar-refractivity contribution in [2.75, 3.05) is 19.0 Å². The van der Waals surface area contributed by atoms with E-state index in [1.807, 2.05) is 20.8 Å². The van der Waals surface area contributed by atoms with Crippen LogP contribution in [0.25, 0.3) is 11.2 Å². The number of hydrogen-bond donors (Lipinski definition) is 1. The molecular weight excluding hydrogens is 370 g/mol. The number of aromatic amines is 1. The Labute approximate surface area is 161 Å². The van der Waals surface area contributed by atoms with Crippen LogP contribution in [0.15, 0.2) is 17.7 Å². The van der Waals surface area contributed by atoms with Gasteiger partial charge in [-0.15, -0.1) is 0 Å². The van der Waals surface area contributed by atoms with Crippen molar-refractivity contribution in [3.05, 3.63) is 12.7 Å². The highest BCUT2D eigenvalue weighted by atomic mass is 32.2. The maximum Gasteiger partial charge on any atom is 0.410 e. The summed E-state index contributed by atoms with van der Waals surface area (Å²) in [7, 11) is 0. The van der Waals surface area contributed by atoms with E-state index >= 15 is 0 Å². The third kappa shape index (κ3) is 5.09. The van der Waals surface area contributed by atoms with Gasteiger partial charge in [0.05, 0.1) is 12.2 Å². The van der Waals surface area contributed by atoms with Crippen LogP contribution in [0.1, 0.15) is 33.6 Å². The molecule has 0 unspecified atom stereocenters. The first-order valence-electron chi connectivity index (χ1n) is 8.75. The average Bonchev–Trinajstić information content (AvgIpc) is 3.10. The summed E-state index contributed by atoms with van der Waals surface area (Å²) >= 11 is 1.31. The predicted octanol–water partition coefficient (Wildman–Crippen LogP) is 2.59. The number of ether oxygens (including phenoxy) is 2. The fourth-order valence-electron chi connectivity index (χ4n) is 2.74. The van der Waals surface area contributed by atoms with E-state index in [4.69, 9.17) is 9.47 Å². The Morgan fingerprint density at radius 3 is 2.70 bits per heavy atom. The fraction of sp³-hybridized carbons (Fsp3) is 0.588. The number of esters is 1. The Hall–Kier alpha value is -2.36. The minimum Gasteiger partial charge on any atom is -0.454 e. The molecule has 0 spiro atoms. The van der Waals surface area contributed by atoms with Gasteiger partial charge in [-0.2, -0.15) is 0 Å². The van der Waals surface area contributed by atoms with E-state index in [1.165, 1.54) is 18.1 Å². The van der Waals surface area contributed by atoms with Crippen molar-refractivity contribution in [3.63, 3.8) is 0 Å². The molecule has 0 bridgehead atoms. The molecule has 2 aromatic heterocycles. The molecule has 1 amide bonds. The highest BCUT2D eigenvalue weighted by molar-refractivity contribution is 7.99. The molecule has 0 aliphatic carbocycles. The van der Waals surface area contributed by atoms with Crippen molar-refractivity contribution in [1.29, 1.82) is 0 Å². The standard InChI is InChI=1S/C17H23N5O4S/c1-17(2,3)26-16(24)22-6-4-11(5-7-22)15(23)25-10-27-14-12-13(19-8-18-12)20-9-21-14/h8-9,11H,4-7,10H2,1-3H3,(H,18,19,20,21). The van der Waals surface area contributed by atoms with Crippen LogP contribution in [-0.2, 0) is 14.3 Å². The van der Waals surface area contributed by atoms with Crippen LogP contribution in [0, 0.1) is 5.92 Å². The van der Waals surface area contributed by atoms with Gasteiger partial charge in [0, 0.05) is 13.1 Å². The van der Waals surface area contributed by atoms with Crippen LogP contribution < -0.4 is 0 Å². The molecule has 0 radical (unpaired) electrons. The number of fused-ring (bicyclic) bond motifs is 1. The molecule has 10 heteroatoms. The van der Waals surface area contributed by atoms with E-state index in [0.717, 1.165) is 5.52 Å². The summed E-state index contributed by atoms with van der Waals surface area (Å²) < 4.78 is 10.7. The number of likely N-dealkylation sites (tertiary alicyclic amines) is 1. The van der Waals surface area contributed by atoms with Crippen molar-refractivity contribution in [2.45, 2.75) is 44.2 Å². The number of carbonyl (C=O) groups is 2. The number of H-pyrrole nitrogens is 1. The maximum atomic E-state index is 12.3. The number of imidazole rings is 1. The smallest absolute Gasteiger partial charge is 0.410 e. The molecular formula is C17H23N5O4S. The topological polar surface area (TPSA) is 110 Å². The zero-order valence-electron chi connectivity index (χ0n) is 15.6. The molecule has 1 saturated heterocycles. The second-order valence-corrected chi connectivity index (χ2v) is 8.16. The lowest BCUT2D eigenvalue weighted by atomic mass is 9.97. The number of amides is 1. The van der Waals surface area contributed by atoms with Gasteiger partial charge in [-0.25, -0.2) is 19.7 Å². The number of nitrogens with zero attached hydrogens (tertiary/aromatic N) is 4. The molecule has 1 aliphatic rings. The first-order valence-corrected chi connectivity index (χ1v) is 9.73. The molecule has 146 valence electrons. The fourth-order valence-corrected chi connectivity index (χ4v) is 3.44. The van der Waals surface area contributed by atoms with E-state index in [9.17, 15) is 9.59 Å². The maximum absolute atomic E-state index is 12.3. The second-order valence-electron chi connectivity index (χ2n) is 7.25. The molecule has 0 atom stereocenters. The van der Waals surface area contributed by atoms with Gasteiger partial charge in [-0.1, -0.05) is 11.8 Å². The lowest BCUT2D eigenvalue weighted by molar-refractivity contribution is -0.147. The minimum absolute atomic E-state index is 0.163. The van der Waals surface area contributed by atoms with Gasteiger partial charge in [0.1, 0.15) is 28.4 Å². The second kappa shape index (κ2) is 8.12. The summed E-state index contributed by atoms with van der Waals surface area (Å²) in [4.78, 5) is 41.3. The molecule has 0 saturated carbocycles. The number of rotatable bonds is 4. The van der Waals surface area contributed by atoms with Gasteiger partial charge >= 0.3 is 12.1 Å². The van der Waals surface area contributed by atoms with Crippen LogP contribution in [0.4, 0.5) is 4.79 Å². The number of thioether (sulfide) groups is 1. The number of carbonyl (C=O) groups excluding carboxylic acids is 2. The highest BCUT2D eigenvalue weighted by Gasteiger charge is 2.30. The van der Waals surface area contributed by atoms with Gasteiger partial charge in [0.25, 0.3) is 0 Å². The largest absolute Gasteiger partial charge is 0.454 e. The molecule has 3 rings (SSSR count). The summed E-state index contributed by atoms with van der Waals surface area (Å²) in [6.07, 6.45) is 3.78. The molecule has 9 nitrogen and oxygen atoms in total. The van der Waals surface area contributed by atoms with E-state index in [-0.39, 0.29) is 23.9 Å². The quantitative estimate of drug-likeness (QED) is 0.365. The van der Waals surface area contributed by atoms with Crippen molar-refractivity contribution in [2.24, 2.45) is 5.92 Å². The summed E-state index contributed by atoms with van der Waals surface area (Å²) in [6, 6.07) is 0. The summed E-state index contributed by atoms with van der Waals surface area (Å²) in [5.41, 5.74) is 0.781. The Morgan fingerprint density at radius 2 is 2.00 bits per heavy atom. The first kappa shape index (κ1) is 19.4. The zero-order valence-corrected chi connectivity index (χ0v) is 16.4. The van der Waals surface area contributed by atoms with Crippen LogP contribution in [0.2, 0.25) is 0 Å². The van der Waals surface area contributed by atoms with E-state index < -0.39 is 5.60 Å². The van der Waals surface area contributed by atoms with Gasteiger partial charge in [-0.05, 0) is 33.6 Å². The average molecular weight is 393 g/mol. The van der Waals surface area contributed by atoms with E-state index in [2.05, 4.69) is 19.9 Å². The number of aromatic nitrogens is 4. The molecule has 3 heterocycles. The van der Waals surface area contributed by atoms with Gasteiger partial charge in [0.15, 0.2) is 5.65 Å². The molecule has 1 aliphatic heterocycles. The normalized spacial score (nSPS) is 15.7. The van der Waals surface area contributed by atoms with E-state index in [1.54, 1.807) is 11.2 Å². The van der Waals surface area contributed by atoms with Gasteiger partial charge < -0.3 is 19.4 Å². The van der Waals surface area contributed by atoms with Crippen LogP contribution in [0.3, 0.4) is 0 Å². The Bertz CT molecular complexity index is 811. The molecule has 1 fully saturated rings. The zero-order chi connectivity index (χ0) is 19.4. The first-order chi connectivity index (χ1) is 12.8. The van der Waals surface area contributed by atoms with Crippen molar-refractivity contribution in [3.8, 4) is 0 Å². The molecule has 2 aromatic rings. The van der Waals surface area contributed by atoms with Crippen molar-refractivity contribution < 1.29 is 19.1 Å². The van der Waals surface area contributed by atoms with Crippen molar-refractivity contribution in [1.82, 2.24) is 24.8 Å². The molecule has 1 N–H and O–H groups in total. The molecule has 27 heavy (non-hydrogen) atoms. The third-order valence-electron chi connectivity index (χ3n) is 4.07. The summed E-state index contributed by atoms with van der Waals surface area (Å²) in [6.45, 7) is 6.48. The lowest BCUT2D eigenvalue weighted by Gasteiger charge is -2.32. The van der Waals surface area contributed by atoms with Crippen molar-refractivity contribution >= 4 is 35.0 Å². The SMILES string of the molecule is CC(C)(C)OC(=O)N1CCC(C(=O)OCSc2ncnc3nc[nH]c23)CC1. The Balaban J connectivity index is 1.43. The van der Waals surface area contributed by atoms with Crippen LogP contribution >= 0.6 is 11.8 Å². The summed E-state index contributed by atoms with van der Waals surface area (Å²) in [5, 5.41) is 0.685. The third-order valence-corrected chi connectivity index (χ3v) is 4.88. The number of nitrogens with one attached hydrogen (secondary N) is 1. The minimum atomic E-state index is -0.523. The number of piperidine rings is 1. The Morgan fingerprint density at radius 1 is 1.26 bits per heavy atom. The van der Waals surface area contributed by atoms with Crippen LogP contribution in [-0.4, -0.2) is 61.5 Å². The predicted molar refractivity (Wildman–Crippen MR) is 99.0 cm³/mol. The highest BCUT2D eigenvalue weighted by Crippen LogP contribution is 2.24. The molecule has 0 aromatic carbocycles. The van der Waals surface area contributed by atoms with Crippen LogP contribution in [0.5, 0.6) is 0 Å². The Kier molecular flexibility index (Phi) is 5.83. The van der Waals surface area contributed by atoms with Gasteiger partial charge in [-0.3, -0.25) is 4.79 Å². The van der Waals surface area contributed by atoms with E-state index in [0.29, 0.717) is 36.6 Å². The van der Waals surface area contributed by atoms with Gasteiger partial charge in [0.2, 0.25) is 0 Å². The lowest BCUT2D eigenvalue weighted by Crippen LogP contribution is -2.43.